The Hall–Kier alpha value is -2.28. The minimum atomic E-state index is -0.287. The van der Waals surface area contributed by atoms with Gasteiger partial charge in [-0.15, -0.1) is 0 Å². The molecule has 0 atom stereocenters. The first-order chi connectivity index (χ1) is 8.93. The fraction of sp³-hybridized carbons (Fsp3) is 0.182. The molecule has 0 aliphatic carbocycles. The normalized spacial score (nSPS) is 10.9. The lowest BCUT2D eigenvalue weighted by atomic mass is 10.2. The standard InChI is InChI=1S/C11H15ClN6O/c1-2-16-9(19)7-5-6(3-4-8(7)12)17-11(15)18-10(13)14/h3-5H,2H2,1H3,(H,16,19)(H6,13,14,15,17,18). The van der Waals surface area contributed by atoms with E-state index in [4.69, 9.17) is 28.8 Å². The van der Waals surface area contributed by atoms with Crippen LogP contribution in [0.3, 0.4) is 0 Å². The molecule has 0 aliphatic heterocycles. The molecule has 19 heavy (non-hydrogen) atoms. The second-order valence-corrected chi connectivity index (χ2v) is 3.94. The minimum Gasteiger partial charge on any atom is -0.370 e. The molecule has 0 fully saturated rings. The van der Waals surface area contributed by atoms with Crippen molar-refractivity contribution in [2.24, 2.45) is 27.2 Å². The average Bonchev–Trinajstić information content (AvgIpc) is 2.30. The van der Waals surface area contributed by atoms with E-state index in [-0.39, 0.29) is 17.8 Å². The summed E-state index contributed by atoms with van der Waals surface area (Å²) in [6, 6.07) is 4.65. The fourth-order valence-electron chi connectivity index (χ4n) is 1.30. The van der Waals surface area contributed by atoms with E-state index < -0.39 is 0 Å². The van der Waals surface area contributed by atoms with Crippen LogP contribution in [-0.4, -0.2) is 24.4 Å². The zero-order chi connectivity index (χ0) is 14.4. The van der Waals surface area contributed by atoms with Crippen LogP contribution < -0.4 is 22.5 Å². The van der Waals surface area contributed by atoms with Gasteiger partial charge in [-0.3, -0.25) is 4.79 Å². The number of halogens is 1. The van der Waals surface area contributed by atoms with E-state index in [0.29, 0.717) is 22.8 Å². The number of amides is 1. The summed E-state index contributed by atoms with van der Waals surface area (Å²) >= 11 is 5.94. The molecule has 0 saturated carbocycles. The highest BCUT2D eigenvalue weighted by molar-refractivity contribution is 6.34. The molecule has 7 N–H and O–H groups in total. The van der Waals surface area contributed by atoms with Gasteiger partial charge in [0.25, 0.3) is 5.91 Å². The molecule has 1 aromatic rings. The third-order valence-corrected chi connectivity index (χ3v) is 2.35. The van der Waals surface area contributed by atoms with Crippen molar-refractivity contribution in [1.29, 1.82) is 0 Å². The molecule has 0 aliphatic rings. The van der Waals surface area contributed by atoms with Gasteiger partial charge >= 0.3 is 0 Å². The number of hydrogen-bond acceptors (Lipinski definition) is 2. The summed E-state index contributed by atoms with van der Waals surface area (Å²) in [5.74, 6) is -0.590. The van der Waals surface area contributed by atoms with Crippen LogP contribution in [0, 0.1) is 0 Å². The van der Waals surface area contributed by atoms with Crippen molar-refractivity contribution in [2.45, 2.75) is 6.92 Å². The average molecular weight is 283 g/mol. The lowest BCUT2D eigenvalue weighted by molar-refractivity contribution is 0.0956. The molecule has 102 valence electrons. The number of rotatable bonds is 3. The van der Waals surface area contributed by atoms with Crippen LogP contribution in [0.4, 0.5) is 5.69 Å². The number of benzene rings is 1. The van der Waals surface area contributed by atoms with Gasteiger partial charge in [-0.25, -0.2) is 4.99 Å². The van der Waals surface area contributed by atoms with Gasteiger partial charge in [-0.2, -0.15) is 4.99 Å². The zero-order valence-corrected chi connectivity index (χ0v) is 11.1. The van der Waals surface area contributed by atoms with Crippen LogP contribution >= 0.6 is 11.6 Å². The van der Waals surface area contributed by atoms with E-state index in [1.165, 1.54) is 6.07 Å². The Bertz CT molecular complexity index is 536. The van der Waals surface area contributed by atoms with Crippen LogP contribution in [0.2, 0.25) is 5.02 Å². The fourth-order valence-corrected chi connectivity index (χ4v) is 1.51. The maximum absolute atomic E-state index is 11.7. The van der Waals surface area contributed by atoms with E-state index in [1.54, 1.807) is 12.1 Å². The van der Waals surface area contributed by atoms with Crippen molar-refractivity contribution < 1.29 is 4.79 Å². The van der Waals surface area contributed by atoms with Gasteiger partial charge in [0.15, 0.2) is 5.96 Å². The Morgan fingerprint density at radius 2 is 2.05 bits per heavy atom. The Kier molecular flexibility index (Phi) is 5.13. The molecule has 0 spiro atoms. The maximum Gasteiger partial charge on any atom is 0.252 e. The molecule has 0 bridgehead atoms. The quantitative estimate of drug-likeness (QED) is 0.469. The number of guanidine groups is 2. The van der Waals surface area contributed by atoms with E-state index in [2.05, 4.69) is 15.3 Å². The molecule has 1 rings (SSSR count). The lowest BCUT2D eigenvalue weighted by Crippen LogP contribution is -2.26. The van der Waals surface area contributed by atoms with E-state index in [9.17, 15) is 4.79 Å². The van der Waals surface area contributed by atoms with Crippen molar-refractivity contribution in [3.63, 3.8) is 0 Å². The maximum atomic E-state index is 11.7. The van der Waals surface area contributed by atoms with E-state index >= 15 is 0 Å². The molecule has 0 radical (unpaired) electrons. The number of carbonyl (C=O) groups excluding carboxylic acids is 1. The topological polar surface area (TPSA) is 132 Å². The lowest BCUT2D eigenvalue weighted by Gasteiger charge is -2.05. The first-order valence-corrected chi connectivity index (χ1v) is 5.83. The van der Waals surface area contributed by atoms with Gasteiger partial charge in [-0.1, -0.05) is 11.6 Å². The summed E-state index contributed by atoms with van der Waals surface area (Å²) in [4.78, 5) is 19.3. The molecule has 0 aromatic heterocycles. The summed E-state index contributed by atoms with van der Waals surface area (Å²) in [6.07, 6.45) is 0. The summed E-state index contributed by atoms with van der Waals surface area (Å²) in [7, 11) is 0. The number of nitrogens with two attached hydrogens (primary N) is 3. The zero-order valence-electron chi connectivity index (χ0n) is 10.4. The van der Waals surface area contributed by atoms with Gasteiger partial charge in [0.2, 0.25) is 5.96 Å². The Balaban J connectivity index is 3.09. The summed E-state index contributed by atoms with van der Waals surface area (Å²) in [5.41, 5.74) is 16.6. The van der Waals surface area contributed by atoms with Gasteiger partial charge < -0.3 is 22.5 Å². The largest absolute Gasteiger partial charge is 0.370 e. The summed E-state index contributed by atoms with van der Waals surface area (Å²) < 4.78 is 0. The first-order valence-electron chi connectivity index (χ1n) is 5.45. The number of carbonyl (C=O) groups is 1. The Morgan fingerprint density at radius 3 is 2.63 bits per heavy atom. The van der Waals surface area contributed by atoms with Crippen molar-refractivity contribution in [3.8, 4) is 0 Å². The van der Waals surface area contributed by atoms with Crippen molar-refractivity contribution in [1.82, 2.24) is 5.32 Å². The third-order valence-electron chi connectivity index (χ3n) is 2.02. The molecular formula is C11H15ClN6O. The second kappa shape index (κ2) is 6.60. The highest BCUT2D eigenvalue weighted by Crippen LogP contribution is 2.22. The molecule has 0 saturated heterocycles. The molecule has 7 nitrogen and oxygen atoms in total. The highest BCUT2D eigenvalue weighted by atomic mass is 35.5. The van der Waals surface area contributed by atoms with Gasteiger partial charge in [-0.05, 0) is 25.1 Å². The Labute approximate surface area is 115 Å². The van der Waals surface area contributed by atoms with Crippen LogP contribution in [-0.2, 0) is 0 Å². The molecule has 1 amide bonds. The Morgan fingerprint density at radius 1 is 1.37 bits per heavy atom. The SMILES string of the molecule is CCNC(=O)c1cc(N=C(N)N=C(N)N)ccc1Cl. The first kappa shape index (κ1) is 14.8. The van der Waals surface area contributed by atoms with Gasteiger partial charge in [0.1, 0.15) is 0 Å². The third kappa shape index (κ3) is 4.47. The van der Waals surface area contributed by atoms with Crippen molar-refractivity contribution in [2.75, 3.05) is 6.54 Å². The molecule has 1 aromatic carbocycles. The minimum absolute atomic E-state index is 0.107. The van der Waals surface area contributed by atoms with Crippen LogP contribution in [0.25, 0.3) is 0 Å². The summed E-state index contributed by atoms with van der Waals surface area (Å²) in [6.45, 7) is 2.31. The van der Waals surface area contributed by atoms with E-state index in [0.717, 1.165) is 0 Å². The monoisotopic (exact) mass is 282 g/mol. The van der Waals surface area contributed by atoms with Gasteiger partial charge in [0.05, 0.1) is 16.3 Å². The highest BCUT2D eigenvalue weighted by Gasteiger charge is 2.10. The number of nitrogens with one attached hydrogen (secondary N) is 1. The van der Waals surface area contributed by atoms with Crippen LogP contribution in [0.5, 0.6) is 0 Å². The van der Waals surface area contributed by atoms with Crippen LogP contribution in [0.15, 0.2) is 28.2 Å². The smallest absolute Gasteiger partial charge is 0.252 e. The molecular weight excluding hydrogens is 268 g/mol. The summed E-state index contributed by atoms with van der Waals surface area (Å²) in [5, 5.41) is 2.97. The number of nitrogens with zero attached hydrogens (tertiary/aromatic N) is 2. The van der Waals surface area contributed by atoms with Gasteiger partial charge in [0, 0.05) is 6.54 Å². The van der Waals surface area contributed by atoms with Crippen molar-refractivity contribution in [3.05, 3.63) is 28.8 Å². The second-order valence-electron chi connectivity index (χ2n) is 3.53. The predicted molar refractivity (Wildman–Crippen MR) is 76.6 cm³/mol. The molecule has 0 heterocycles. The van der Waals surface area contributed by atoms with Crippen molar-refractivity contribution >= 4 is 35.1 Å². The number of hydrogen-bond donors (Lipinski definition) is 4. The number of aliphatic imine (C=N–C) groups is 2. The van der Waals surface area contributed by atoms with Crippen LogP contribution in [0.1, 0.15) is 17.3 Å². The van der Waals surface area contributed by atoms with E-state index in [1.807, 2.05) is 6.92 Å². The molecule has 0 unspecified atom stereocenters. The predicted octanol–water partition coefficient (Wildman–Crippen LogP) is 0.309. The molecule has 8 heteroatoms.